The number of rotatable bonds is 3. The molecule has 1 N–H and O–H groups in total. The van der Waals surface area contributed by atoms with Crippen LogP contribution in [0.3, 0.4) is 0 Å². The first-order valence-electron chi connectivity index (χ1n) is 10.3. The third kappa shape index (κ3) is 2.82. The number of nitrogens with zero attached hydrogens (tertiary/aromatic N) is 1. The van der Waals surface area contributed by atoms with Crippen LogP contribution in [0.25, 0.3) is 10.8 Å². The van der Waals surface area contributed by atoms with Crippen molar-refractivity contribution in [1.82, 2.24) is 0 Å². The number of carbonyl (C=O) groups excluding carboxylic acids is 2. The van der Waals surface area contributed by atoms with Crippen LogP contribution in [0.4, 0.5) is 10.1 Å². The zero-order chi connectivity index (χ0) is 23.5. The molecule has 1 heterocycles. The second kappa shape index (κ2) is 7.44. The molecule has 1 saturated heterocycles. The number of phenols is 1. The number of alkyl halides is 2. The Morgan fingerprint density at radius 2 is 1.73 bits per heavy atom. The smallest absolute Gasteiger partial charge is 0.258 e. The van der Waals surface area contributed by atoms with Crippen molar-refractivity contribution in [3.05, 3.63) is 96.3 Å². The molecule has 3 atom stereocenters. The Bertz CT molecular complexity index is 1370. The minimum atomic E-state index is -1.95. The standard InChI is InChI=1S/C26H18Cl2FNO3/c1-2-15-13-14-25(27)23(32)30(18-10-8-17(29)9-11-18)24(33)26(25,28)21(15)20-12-7-16-5-3-4-6-19(16)22(20)31/h2-13,21,31H,1,14H2/t21-,25-,26+/m1/s1. The lowest BCUT2D eigenvalue weighted by atomic mass is 9.68. The lowest BCUT2D eigenvalue weighted by molar-refractivity contribution is -0.122. The third-order valence-corrected chi connectivity index (χ3v) is 7.96. The molecule has 0 radical (unpaired) electrons. The van der Waals surface area contributed by atoms with E-state index in [9.17, 15) is 19.1 Å². The van der Waals surface area contributed by atoms with Crippen molar-refractivity contribution in [2.75, 3.05) is 4.90 Å². The van der Waals surface area contributed by atoms with Gasteiger partial charge < -0.3 is 5.11 Å². The maximum atomic E-state index is 13.8. The molecule has 1 aliphatic heterocycles. The molecule has 5 rings (SSSR count). The average Bonchev–Trinajstić information content (AvgIpc) is 2.97. The zero-order valence-electron chi connectivity index (χ0n) is 17.3. The van der Waals surface area contributed by atoms with Gasteiger partial charge in [-0.05, 0) is 41.6 Å². The summed E-state index contributed by atoms with van der Waals surface area (Å²) in [5.74, 6) is -2.94. The predicted octanol–water partition coefficient (Wildman–Crippen LogP) is 5.81. The van der Waals surface area contributed by atoms with Crippen molar-refractivity contribution < 1.29 is 19.1 Å². The van der Waals surface area contributed by atoms with Crippen LogP contribution < -0.4 is 4.90 Å². The normalized spacial score (nSPS) is 26.9. The highest BCUT2D eigenvalue weighted by Gasteiger charge is 2.73. The van der Waals surface area contributed by atoms with Crippen LogP contribution in [0.5, 0.6) is 5.75 Å². The molecule has 2 amide bonds. The molecule has 3 aromatic carbocycles. The molecular formula is C26H18Cl2FNO3. The van der Waals surface area contributed by atoms with Gasteiger partial charge in [0.25, 0.3) is 11.8 Å². The van der Waals surface area contributed by atoms with Gasteiger partial charge in [-0.2, -0.15) is 0 Å². The maximum absolute atomic E-state index is 13.8. The summed E-state index contributed by atoms with van der Waals surface area (Å²) < 4.78 is 13.5. The van der Waals surface area contributed by atoms with Crippen molar-refractivity contribution in [2.45, 2.75) is 22.1 Å². The second-order valence-corrected chi connectivity index (χ2v) is 9.45. The van der Waals surface area contributed by atoms with Gasteiger partial charge in [-0.15, -0.1) is 23.2 Å². The number of aromatic hydroxyl groups is 1. The fourth-order valence-corrected chi connectivity index (χ4v) is 5.71. The number of fused-ring (bicyclic) bond motifs is 2. The highest BCUT2D eigenvalue weighted by atomic mass is 35.5. The number of allylic oxidation sites excluding steroid dienone is 3. The molecular weight excluding hydrogens is 464 g/mol. The van der Waals surface area contributed by atoms with E-state index in [0.717, 1.165) is 22.4 Å². The molecule has 4 nitrogen and oxygen atoms in total. The van der Waals surface area contributed by atoms with Gasteiger partial charge in [-0.3, -0.25) is 9.59 Å². The van der Waals surface area contributed by atoms with E-state index in [1.165, 1.54) is 12.1 Å². The minimum absolute atomic E-state index is 0.00742. The van der Waals surface area contributed by atoms with Crippen molar-refractivity contribution in [1.29, 1.82) is 0 Å². The molecule has 0 bridgehead atoms. The first-order chi connectivity index (χ1) is 15.7. The van der Waals surface area contributed by atoms with Crippen LogP contribution in [0, 0.1) is 5.82 Å². The number of amides is 2. The van der Waals surface area contributed by atoms with Crippen LogP contribution in [0.1, 0.15) is 17.9 Å². The van der Waals surface area contributed by atoms with E-state index in [2.05, 4.69) is 6.58 Å². The van der Waals surface area contributed by atoms with Crippen LogP contribution >= 0.6 is 23.2 Å². The number of carbonyl (C=O) groups is 2. The van der Waals surface area contributed by atoms with Crippen LogP contribution in [0.15, 0.2) is 85.0 Å². The Balaban J connectivity index is 1.74. The molecule has 2 aliphatic rings. The molecule has 3 aromatic rings. The monoisotopic (exact) mass is 481 g/mol. The number of halogens is 3. The van der Waals surface area contributed by atoms with E-state index < -0.39 is 33.3 Å². The van der Waals surface area contributed by atoms with E-state index >= 15 is 0 Å². The molecule has 166 valence electrons. The van der Waals surface area contributed by atoms with Crippen molar-refractivity contribution in [2.24, 2.45) is 0 Å². The van der Waals surface area contributed by atoms with Gasteiger partial charge in [0.2, 0.25) is 0 Å². The summed E-state index contributed by atoms with van der Waals surface area (Å²) in [5, 5.41) is 12.6. The summed E-state index contributed by atoms with van der Waals surface area (Å²) in [5.41, 5.74) is 1.11. The molecule has 0 saturated carbocycles. The van der Waals surface area contributed by atoms with Gasteiger partial charge in [0.1, 0.15) is 11.6 Å². The number of imide groups is 1. The summed E-state index contributed by atoms with van der Waals surface area (Å²) in [7, 11) is 0. The van der Waals surface area contributed by atoms with Crippen LogP contribution in [-0.2, 0) is 9.59 Å². The number of anilines is 1. The van der Waals surface area contributed by atoms with E-state index in [-0.39, 0.29) is 17.9 Å². The molecule has 7 heteroatoms. The first kappa shape index (κ1) is 21.7. The van der Waals surface area contributed by atoms with Gasteiger partial charge in [0.05, 0.1) is 5.69 Å². The second-order valence-electron chi connectivity index (χ2n) is 8.20. The lowest BCUT2D eigenvalue weighted by Gasteiger charge is -2.42. The number of hydrogen-bond acceptors (Lipinski definition) is 3. The predicted molar refractivity (Wildman–Crippen MR) is 127 cm³/mol. The first-order valence-corrected chi connectivity index (χ1v) is 11.0. The molecule has 1 aliphatic carbocycles. The molecule has 33 heavy (non-hydrogen) atoms. The number of hydrogen-bond donors (Lipinski definition) is 1. The maximum Gasteiger partial charge on any atom is 0.258 e. The Morgan fingerprint density at radius 1 is 1.03 bits per heavy atom. The summed E-state index contributed by atoms with van der Waals surface area (Å²) in [4.78, 5) is 24.5. The summed E-state index contributed by atoms with van der Waals surface area (Å²) in [6, 6.07) is 15.7. The fraction of sp³-hybridized carbons (Fsp3) is 0.154. The van der Waals surface area contributed by atoms with Crippen LogP contribution in [-0.4, -0.2) is 26.7 Å². The van der Waals surface area contributed by atoms with Gasteiger partial charge >= 0.3 is 0 Å². The Labute approximate surface area is 199 Å². The highest BCUT2D eigenvalue weighted by molar-refractivity contribution is 6.58. The Kier molecular flexibility index (Phi) is 4.89. The third-order valence-electron chi connectivity index (χ3n) is 6.55. The molecule has 0 spiro atoms. The van der Waals surface area contributed by atoms with Crippen LogP contribution in [0.2, 0.25) is 0 Å². The van der Waals surface area contributed by atoms with Crippen molar-refractivity contribution in [3.63, 3.8) is 0 Å². The van der Waals surface area contributed by atoms with Gasteiger partial charge in [-0.1, -0.05) is 55.1 Å². The SMILES string of the molecule is C=CC1=CC[C@@]2(Cl)C(=O)N(c3ccc(F)cc3)C(=O)[C@@]2(Cl)[C@H]1c1ccc2ccccc2c1O. The van der Waals surface area contributed by atoms with E-state index in [0.29, 0.717) is 16.5 Å². The van der Waals surface area contributed by atoms with E-state index in [4.69, 9.17) is 23.2 Å². The van der Waals surface area contributed by atoms with E-state index in [1.54, 1.807) is 30.4 Å². The Morgan fingerprint density at radius 3 is 2.42 bits per heavy atom. The highest BCUT2D eigenvalue weighted by Crippen LogP contribution is 2.60. The largest absolute Gasteiger partial charge is 0.507 e. The molecule has 1 fully saturated rings. The zero-order valence-corrected chi connectivity index (χ0v) is 18.8. The number of phenolic OH excluding ortho intramolecular Hbond substituents is 1. The average molecular weight is 482 g/mol. The van der Waals surface area contributed by atoms with Gasteiger partial charge in [0, 0.05) is 16.9 Å². The van der Waals surface area contributed by atoms with Gasteiger partial charge in [-0.25, -0.2) is 9.29 Å². The fourth-order valence-electron chi connectivity index (χ4n) is 4.88. The quantitative estimate of drug-likeness (QED) is 0.379. The minimum Gasteiger partial charge on any atom is -0.507 e. The lowest BCUT2D eigenvalue weighted by Crippen LogP contribution is -2.54. The van der Waals surface area contributed by atoms with E-state index in [1.807, 2.05) is 18.2 Å². The summed E-state index contributed by atoms with van der Waals surface area (Å²) >= 11 is 14.0. The topological polar surface area (TPSA) is 57.6 Å². The van der Waals surface area contributed by atoms with Crippen molar-refractivity contribution in [3.8, 4) is 5.75 Å². The summed E-state index contributed by atoms with van der Waals surface area (Å²) in [6.45, 7) is 3.85. The summed E-state index contributed by atoms with van der Waals surface area (Å²) in [6.07, 6.45) is 3.27. The molecule has 0 unspecified atom stereocenters. The van der Waals surface area contributed by atoms with Gasteiger partial charge in [0.15, 0.2) is 9.75 Å². The van der Waals surface area contributed by atoms with Crippen molar-refractivity contribution >= 4 is 51.5 Å². The molecule has 0 aromatic heterocycles. The Hall–Kier alpha value is -3.15. The number of benzene rings is 3.